The summed E-state index contributed by atoms with van der Waals surface area (Å²) in [6.07, 6.45) is 5.92. The zero-order valence-corrected chi connectivity index (χ0v) is 12.2. The molecule has 1 aromatic heterocycles. The molecular weight excluding hydrogens is 236 g/mol. The Hall–Kier alpha value is -0.800. The van der Waals surface area contributed by atoms with E-state index in [4.69, 9.17) is 10.2 Å². The molecule has 3 atom stereocenters. The molecule has 2 saturated carbocycles. The van der Waals surface area contributed by atoms with Crippen LogP contribution in [-0.2, 0) is 13.1 Å². The van der Waals surface area contributed by atoms with Crippen molar-refractivity contribution in [3.63, 3.8) is 0 Å². The van der Waals surface area contributed by atoms with Crippen LogP contribution in [-0.4, -0.2) is 18.5 Å². The quantitative estimate of drug-likeness (QED) is 0.887. The molecule has 3 nitrogen and oxygen atoms in total. The van der Waals surface area contributed by atoms with Crippen LogP contribution >= 0.6 is 0 Å². The van der Waals surface area contributed by atoms with Crippen LogP contribution in [0.3, 0.4) is 0 Å². The van der Waals surface area contributed by atoms with Crippen molar-refractivity contribution in [2.24, 2.45) is 23.5 Å². The molecule has 1 heterocycles. The largest absolute Gasteiger partial charge is 0.463 e. The van der Waals surface area contributed by atoms with E-state index in [0.717, 1.165) is 35.8 Å². The van der Waals surface area contributed by atoms with E-state index in [1.807, 2.05) is 0 Å². The van der Waals surface area contributed by atoms with E-state index < -0.39 is 0 Å². The molecular formula is C16H26N2O. The zero-order chi connectivity index (χ0) is 13.4. The summed E-state index contributed by atoms with van der Waals surface area (Å²) in [4.78, 5) is 2.42. The van der Waals surface area contributed by atoms with E-state index >= 15 is 0 Å². The summed E-state index contributed by atoms with van der Waals surface area (Å²) >= 11 is 0. The third-order valence-electron chi connectivity index (χ3n) is 5.11. The highest BCUT2D eigenvalue weighted by molar-refractivity contribution is 5.19. The molecule has 0 radical (unpaired) electrons. The SMILES string of the molecule is Cc1cc(CN(C)CC2CC3CCC2C3)oc1CN. The maximum absolute atomic E-state index is 5.79. The molecule has 3 rings (SSSR count). The molecule has 2 aliphatic rings. The van der Waals surface area contributed by atoms with Crippen LogP contribution in [0.25, 0.3) is 0 Å². The van der Waals surface area contributed by atoms with E-state index in [1.165, 1.54) is 37.8 Å². The standard InChI is InChI=1S/C16H26N2O/c1-11-5-15(19-16(11)8-17)10-18(2)9-14-7-12-3-4-13(14)6-12/h5,12-14H,3-4,6-10,17H2,1-2H3. The van der Waals surface area contributed by atoms with Crippen molar-refractivity contribution < 1.29 is 4.42 Å². The average molecular weight is 262 g/mol. The van der Waals surface area contributed by atoms with Crippen molar-refractivity contribution in [1.29, 1.82) is 0 Å². The third kappa shape index (κ3) is 2.72. The summed E-state index contributed by atoms with van der Waals surface area (Å²) in [6, 6.07) is 2.14. The molecule has 0 aromatic carbocycles. The van der Waals surface area contributed by atoms with Crippen molar-refractivity contribution in [3.8, 4) is 0 Å². The number of aryl methyl sites for hydroxylation is 1. The lowest BCUT2D eigenvalue weighted by molar-refractivity contribution is 0.203. The van der Waals surface area contributed by atoms with Crippen LogP contribution < -0.4 is 5.73 Å². The lowest BCUT2D eigenvalue weighted by atomic mass is 9.88. The Morgan fingerprint density at radius 2 is 2.21 bits per heavy atom. The average Bonchev–Trinajstić information content (AvgIpc) is 3.04. The number of hydrogen-bond donors (Lipinski definition) is 1. The first kappa shape index (κ1) is 13.2. The van der Waals surface area contributed by atoms with Crippen molar-refractivity contribution >= 4 is 0 Å². The van der Waals surface area contributed by atoms with Crippen LogP contribution in [0.4, 0.5) is 0 Å². The van der Waals surface area contributed by atoms with E-state index in [9.17, 15) is 0 Å². The Balaban J connectivity index is 1.54. The van der Waals surface area contributed by atoms with Gasteiger partial charge in [-0.15, -0.1) is 0 Å². The first-order valence-corrected chi connectivity index (χ1v) is 7.62. The van der Waals surface area contributed by atoms with E-state index in [2.05, 4.69) is 24.9 Å². The van der Waals surface area contributed by atoms with Crippen molar-refractivity contribution in [2.45, 2.75) is 45.7 Å². The fraction of sp³-hybridized carbons (Fsp3) is 0.750. The van der Waals surface area contributed by atoms with Gasteiger partial charge >= 0.3 is 0 Å². The molecule has 3 heteroatoms. The molecule has 2 bridgehead atoms. The predicted molar refractivity (Wildman–Crippen MR) is 76.6 cm³/mol. The first-order valence-electron chi connectivity index (χ1n) is 7.62. The molecule has 19 heavy (non-hydrogen) atoms. The topological polar surface area (TPSA) is 42.4 Å². The first-order chi connectivity index (χ1) is 9.15. The predicted octanol–water partition coefficient (Wildman–Crippen LogP) is 2.91. The summed E-state index contributed by atoms with van der Waals surface area (Å²) in [5.74, 6) is 4.96. The fourth-order valence-corrected chi connectivity index (χ4v) is 4.20. The van der Waals surface area contributed by atoms with Crippen molar-refractivity contribution in [3.05, 3.63) is 23.2 Å². The highest BCUT2D eigenvalue weighted by atomic mass is 16.3. The molecule has 1 aromatic rings. The second-order valence-electron chi connectivity index (χ2n) is 6.65. The van der Waals surface area contributed by atoms with Crippen molar-refractivity contribution in [1.82, 2.24) is 4.90 Å². The summed E-state index contributed by atoms with van der Waals surface area (Å²) in [5.41, 5.74) is 6.85. The van der Waals surface area contributed by atoms with E-state index in [-0.39, 0.29) is 0 Å². The van der Waals surface area contributed by atoms with Gasteiger partial charge in [-0.2, -0.15) is 0 Å². The minimum atomic E-state index is 0.502. The van der Waals surface area contributed by atoms with E-state index in [1.54, 1.807) is 0 Å². The summed E-state index contributed by atoms with van der Waals surface area (Å²) in [7, 11) is 2.21. The van der Waals surface area contributed by atoms with Crippen LogP contribution in [0.2, 0.25) is 0 Å². The van der Waals surface area contributed by atoms with Crippen molar-refractivity contribution in [2.75, 3.05) is 13.6 Å². The van der Waals surface area contributed by atoms with Gasteiger partial charge in [-0.05, 0) is 62.6 Å². The molecule has 3 unspecified atom stereocenters. The number of nitrogens with two attached hydrogens (primary N) is 1. The zero-order valence-electron chi connectivity index (χ0n) is 12.2. The van der Waals surface area contributed by atoms with Gasteiger partial charge in [0.05, 0.1) is 13.1 Å². The molecule has 0 saturated heterocycles. The molecule has 2 fully saturated rings. The molecule has 0 amide bonds. The van der Waals surface area contributed by atoms with Gasteiger partial charge in [-0.3, -0.25) is 4.90 Å². The number of furan rings is 1. The van der Waals surface area contributed by atoms with Gasteiger partial charge < -0.3 is 10.2 Å². The van der Waals surface area contributed by atoms with Crippen LogP contribution in [0.1, 0.15) is 42.8 Å². The number of hydrogen-bond acceptors (Lipinski definition) is 3. The number of rotatable bonds is 5. The normalized spacial score (nSPS) is 29.6. The Labute approximate surface area is 116 Å². The minimum Gasteiger partial charge on any atom is -0.463 e. The smallest absolute Gasteiger partial charge is 0.120 e. The van der Waals surface area contributed by atoms with Crippen LogP contribution in [0.5, 0.6) is 0 Å². The molecule has 0 spiro atoms. The fourth-order valence-electron chi connectivity index (χ4n) is 4.20. The Bertz CT molecular complexity index is 440. The lowest BCUT2D eigenvalue weighted by Crippen LogP contribution is -2.28. The van der Waals surface area contributed by atoms with Gasteiger partial charge in [0, 0.05) is 6.54 Å². The number of fused-ring (bicyclic) bond motifs is 2. The Morgan fingerprint density at radius 3 is 2.79 bits per heavy atom. The van der Waals surface area contributed by atoms with Gasteiger partial charge in [0.1, 0.15) is 11.5 Å². The lowest BCUT2D eigenvalue weighted by Gasteiger charge is -2.26. The van der Waals surface area contributed by atoms with Gasteiger partial charge in [0.25, 0.3) is 0 Å². The second kappa shape index (κ2) is 5.29. The second-order valence-corrected chi connectivity index (χ2v) is 6.65. The maximum Gasteiger partial charge on any atom is 0.120 e. The summed E-state index contributed by atoms with van der Waals surface area (Å²) < 4.78 is 5.79. The monoisotopic (exact) mass is 262 g/mol. The summed E-state index contributed by atoms with van der Waals surface area (Å²) in [6.45, 7) is 4.71. The highest BCUT2D eigenvalue weighted by Gasteiger charge is 2.39. The third-order valence-corrected chi connectivity index (χ3v) is 5.11. The van der Waals surface area contributed by atoms with Gasteiger partial charge in [-0.25, -0.2) is 0 Å². The van der Waals surface area contributed by atoms with Crippen LogP contribution in [0, 0.1) is 24.7 Å². The maximum atomic E-state index is 5.79. The Kier molecular flexibility index (Phi) is 3.68. The van der Waals surface area contributed by atoms with Gasteiger partial charge in [0.15, 0.2) is 0 Å². The number of nitrogens with zero attached hydrogens (tertiary/aromatic N) is 1. The van der Waals surface area contributed by atoms with E-state index in [0.29, 0.717) is 6.54 Å². The Morgan fingerprint density at radius 1 is 1.37 bits per heavy atom. The van der Waals surface area contributed by atoms with Gasteiger partial charge in [-0.1, -0.05) is 6.42 Å². The minimum absolute atomic E-state index is 0.502. The molecule has 2 aliphatic carbocycles. The molecule has 0 aliphatic heterocycles. The molecule has 2 N–H and O–H groups in total. The van der Waals surface area contributed by atoms with Crippen LogP contribution in [0.15, 0.2) is 10.5 Å². The van der Waals surface area contributed by atoms with Gasteiger partial charge in [0.2, 0.25) is 0 Å². The molecule has 106 valence electrons. The highest BCUT2D eigenvalue weighted by Crippen LogP contribution is 2.48. The summed E-state index contributed by atoms with van der Waals surface area (Å²) in [5, 5.41) is 0.